The average Bonchev–Trinajstić information content (AvgIpc) is 0.811. The van der Waals surface area contributed by atoms with Crippen molar-refractivity contribution in [3.05, 3.63) is 0 Å². The number of hydrogen-bond acceptors (Lipinski definition) is 3. The van der Waals surface area contributed by atoms with Crippen LogP contribution in [-0.4, -0.2) is 77.2 Å². The van der Waals surface area contributed by atoms with Gasteiger partial charge in [0.25, 0.3) is 0 Å². The van der Waals surface area contributed by atoms with Crippen molar-refractivity contribution >= 4 is 7.32 Å². The topological polar surface area (TPSA) is 376 Å². The third-order valence-electron chi connectivity index (χ3n) is 0. The van der Waals surface area contributed by atoms with E-state index in [1.54, 1.807) is 0 Å². The van der Waals surface area contributed by atoms with Gasteiger partial charge in [-0.15, -0.1) is 0 Å². The van der Waals surface area contributed by atoms with Gasteiger partial charge in [-0.2, -0.15) is 0 Å². The molecule has 0 aliphatic rings. The van der Waals surface area contributed by atoms with Crippen LogP contribution in [0.1, 0.15) is 2.85 Å². The summed E-state index contributed by atoms with van der Waals surface area (Å²) in [7, 11) is -2.17. The first-order valence-corrected chi connectivity index (χ1v) is 0.775. The molecule has 0 amide bonds. The van der Waals surface area contributed by atoms with E-state index < -0.39 is 7.32 Å². The van der Waals surface area contributed by atoms with Crippen LogP contribution in [0.4, 0.5) is 0 Å². The van der Waals surface area contributed by atoms with Crippen molar-refractivity contribution in [3.63, 3.8) is 0 Å². The number of hydrogen-bond donors (Lipinski definition) is 3. The predicted octanol–water partition coefficient (Wildman–Crippen LogP) is -16.1. The van der Waals surface area contributed by atoms with Crippen molar-refractivity contribution in [1.29, 1.82) is 0 Å². The van der Waals surface area contributed by atoms with Crippen molar-refractivity contribution in [2.75, 3.05) is 0 Å². The van der Waals surface area contributed by atoms with Gasteiger partial charge in [0.1, 0.15) is 0 Å². The summed E-state index contributed by atoms with van der Waals surface area (Å²) in [5, 5.41) is 21.5. The quantitative estimate of drug-likeness (QED) is 0.365. The molecule has 0 aromatic carbocycles. The molecule has 108 valence electrons. The summed E-state index contributed by atoms with van der Waals surface area (Å²) < 4.78 is 0. The third-order valence-corrected chi connectivity index (χ3v) is 0. The molecule has 0 rings (SSSR count). The van der Waals surface area contributed by atoms with E-state index in [0.29, 0.717) is 0 Å². The molecule has 23 N–H and O–H groups in total. The first kappa shape index (κ1) is 233. The maximum Gasteiger partial charge on any atom is 1.00 e. The first-order chi connectivity index (χ1) is 1.73. The van der Waals surface area contributed by atoms with Gasteiger partial charge in [-0.05, 0) is 0 Å². The Morgan fingerprint density at radius 3 is 0.438 bits per heavy atom. The van der Waals surface area contributed by atoms with Gasteiger partial charge < -0.3 is 72.7 Å². The summed E-state index contributed by atoms with van der Waals surface area (Å²) in [5.41, 5.74) is 0. The van der Waals surface area contributed by atoms with E-state index in [0.717, 1.165) is 0 Å². The normalized spacial score (nSPS) is 1.69. The second kappa shape index (κ2) is 194. The fraction of sp³-hybridized carbons (Fsp3) is 0. The predicted molar refractivity (Wildman–Crippen MR) is 50.8 cm³/mol. The van der Waals surface area contributed by atoms with E-state index in [1.807, 2.05) is 0 Å². The molecule has 16 heteroatoms. The molecule has 0 radical (unpaired) electrons. The van der Waals surface area contributed by atoms with Gasteiger partial charge >= 0.3 is 66.4 Å². The van der Waals surface area contributed by atoms with Crippen molar-refractivity contribution in [2.24, 2.45) is 0 Å². The van der Waals surface area contributed by atoms with Gasteiger partial charge in [0.15, 0.2) is 0 Å². The van der Waals surface area contributed by atoms with Gasteiger partial charge in [-0.1, -0.05) is 0 Å². The van der Waals surface area contributed by atoms with Crippen LogP contribution in [0.25, 0.3) is 0 Å². The van der Waals surface area contributed by atoms with Crippen LogP contribution < -0.4 is 59.1 Å². The van der Waals surface area contributed by atoms with E-state index >= 15 is 0 Å². The zero-order valence-corrected chi connectivity index (χ0v) is 12.9. The van der Waals surface area contributed by atoms with Gasteiger partial charge in [0.2, 0.25) is 0 Å². The summed E-state index contributed by atoms with van der Waals surface area (Å²) in [6.45, 7) is 0. The second-order valence-corrected chi connectivity index (χ2v) is 0.346. The van der Waals surface area contributed by atoms with E-state index in [2.05, 4.69) is 0 Å². The maximum atomic E-state index is 7.17. The van der Waals surface area contributed by atoms with Crippen molar-refractivity contribution < 1.29 is 132 Å². The Balaban J connectivity index is -0.000000000495. The largest absolute Gasteiger partial charge is 1.00 e. The third kappa shape index (κ3) is 1380. The molecule has 0 aliphatic heterocycles. The van der Waals surface area contributed by atoms with Crippen molar-refractivity contribution in [1.82, 2.24) is 0 Å². The fourth-order valence-corrected chi connectivity index (χ4v) is 0. The Kier molecular flexibility index (Phi) is 2810. The van der Waals surface area contributed by atoms with Gasteiger partial charge in [0.05, 0.1) is 0 Å². The molecule has 16 heavy (non-hydrogen) atoms. The Bertz CT molecular complexity index is 27.7. The van der Waals surface area contributed by atoms with Crippen LogP contribution in [0, 0.1) is 0 Å². The minimum Gasteiger partial charge on any atom is -1.00 e. The van der Waals surface area contributed by atoms with Crippen LogP contribution in [0.5, 0.6) is 0 Å². The molecule has 0 aliphatic carbocycles. The molecular formula is H25BNa2O13. The Labute approximate surface area is 138 Å². The molecule has 0 aromatic rings. The van der Waals surface area contributed by atoms with Crippen LogP contribution >= 0.6 is 0 Å². The molecule has 0 spiro atoms. The van der Waals surface area contributed by atoms with Crippen LogP contribution in [0.2, 0.25) is 0 Å². The average molecular weight is 290 g/mol. The Hall–Kier alpha value is 1.54. The van der Waals surface area contributed by atoms with Crippen LogP contribution in [0.15, 0.2) is 0 Å². The van der Waals surface area contributed by atoms with Crippen molar-refractivity contribution in [3.8, 4) is 0 Å². The van der Waals surface area contributed by atoms with E-state index in [9.17, 15) is 0 Å². The van der Waals surface area contributed by atoms with Crippen LogP contribution in [-0.2, 0) is 0 Å². The second-order valence-electron chi connectivity index (χ2n) is 0.346. The van der Waals surface area contributed by atoms with Gasteiger partial charge in [-0.25, -0.2) is 0 Å². The maximum absolute atomic E-state index is 7.17. The molecule has 0 fully saturated rings. The minimum atomic E-state index is -2.17. The van der Waals surface area contributed by atoms with E-state index in [1.165, 1.54) is 0 Å². The molecule has 0 atom stereocenters. The standard InChI is InChI=1S/BH3O3.2Na.10H2O.2H/c2-1(3)4;;;;;;;;;;;;;;/h2-4H;;;10*1H2;;/q;2*+1;;;;;;;;;;;2*-1. The number of rotatable bonds is 0. The summed E-state index contributed by atoms with van der Waals surface area (Å²) in [4.78, 5) is 0. The van der Waals surface area contributed by atoms with Gasteiger partial charge in [0, 0.05) is 0 Å². The summed E-state index contributed by atoms with van der Waals surface area (Å²) in [5.74, 6) is 0. The fourth-order valence-electron chi connectivity index (χ4n) is 0. The molecule has 0 aromatic heterocycles. The monoisotopic (exact) mass is 290 g/mol. The molecular weight excluding hydrogens is 265 g/mol. The molecule has 13 nitrogen and oxygen atoms in total. The molecule has 0 saturated heterocycles. The van der Waals surface area contributed by atoms with Crippen LogP contribution in [0.3, 0.4) is 0 Å². The zero-order chi connectivity index (χ0) is 3.58. The zero-order valence-electron chi connectivity index (χ0n) is 10.9. The van der Waals surface area contributed by atoms with E-state index in [4.69, 9.17) is 15.1 Å². The smallest absolute Gasteiger partial charge is 1.00 e. The summed E-state index contributed by atoms with van der Waals surface area (Å²) in [6, 6.07) is 0. The summed E-state index contributed by atoms with van der Waals surface area (Å²) in [6.07, 6.45) is 0. The first-order valence-electron chi connectivity index (χ1n) is 0.775. The molecule has 0 saturated carbocycles. The minimum absolute atomic E-state index is 0. The van der Waals surface area contributed by atoms with Crippen molar-refractivity contribution in [2.45, 2.75) is 0 Å². The van der Waals surface area contributed by atoms with Gasteiger partial charge in [-0.3, -0.25) is 0 Å². The molecule has 0 unspecified atom stereocenters. The molecule has 0 heterocycles. The SMILES string of the molecule is O.O.O.O.O.O.O.O.O.O.OB(O)O.[H-].[H-].[Na+].[Na+]. The van der Waals surface area contributed by atoms with E-state index in [-0.39, 0.29) is 117 Å². The Morgan fingerprint density at radius 1 is 0.438 bits per heavy atom. The summed E-state index contributed by atoms with van der Waals surface area (Å²) >= 11 is 0. The molecule has 0 bridgehead atoms. The Morgan fingerprint density at radius 2 is 0.438 bits per heavy atom.